The first-order valence-electron chi connectivity index (χ1n) is 6.97. The number of pyridine rings is 1. The number of carboxylic acid groups (broad SMARTS) is 1. The maximum absolute atomic E-state index is 11.4. The molecule has 0 bridgehead atoms. The predicted molar refractivity (Wildman–Crippen MR) is 87.8 cm³/mol. The number of ether oxygens (including phenoxy) is 1. The molecule has 0 aliphatic heterocycles. The zero-order valence-electron chi connectivity index (χ0n) is 12.4. The SMILES string of the molecule is Cc1ccc(OCc2nc(-c3ccccn3)sc2C(=O)O)cc1. The zero-order valence-corrected chi connectivity index (χ0v) is 13.2. The number of carbonyl (C=O) groups is 1. The van der Waals surface area contributed by atoms with Crippen LogP contribution in [-0.4, -0.2) is 21.0 Å². The van der Waals surface area contributed by atoms with E-state index in [1.165, 1.54) is 0 Å². The normalized spacial score (nSPS) is 10.5. The van der Waals surface area contributed by atoms with Gasteiger partial charge < -0.3 is 9.84 Å². The van der Waals surface area contributed by atoms with Gasteiger partial charge in [-0.15, -0.1) is 11.3 Å². The lowest BCUT2D eigenvalue weighted by molar-refractivity contribution is 0.0699. The fourth-order valence-corrected chi connectivity index (χ4v) is 2.89. The molecule has 2 aromatic heterocycles. The summed E-state index contributed by atoms with van der Waals surface area (Å²) in [5.74, 6) is -0.327. The van der Waals surface area contributed by atoms with Gasteiger partial charge in [-0.05, 0) is 31.2 Å². The Balaban J connectivity index is 1.84. The van der Waals surface area contributed by atoms with E-state index in [0.717, 1.165) is 16.9 Å². The minimum Gasteiger partial charge on any atom is -0.487 e. The van der Waals surface area contributed by atoms with Crippen LogP contribution >= 0.6 is 11.3 Å². The summed E-state index contributed by atoms with van der Waals surface area (Å²) in [6.45, 7) is 2.10. The molecule has 3 rings (SSSR count). The van der Waals surface area contributed by atoms with Crippen molar-refractivity contribution in [2.45, 2.75) is 13.5 Å². The molecule has 0 aliphatic rings. The van der Waals surface area contributed by atoms with Crippen LogP contribution in [0.3, 0.4) is 0 Å². The number of thiazole rings is 1. The summed E-state index contributed by atoms with van der Waals surface area (Å²) in [5, 5.41) is 9.93. The number of hydrogen-bond donors (Lipinski definition) is 1. The third-order valence-electron chi connectivity index (χ3n) is 3.17. The van der Waals surface area contributed by atoms with Crippen LogP contribution in [0.25, 0.3) is 10.7 Å². The molecule has 5 nitrogen and oxygen atoms in total. The number of aromatic nitrogens is 2. The summed E-state index contributed by atoms with van der Waals surface area (Å²) in [5.41, 5.74) is 2.19. The molecule has 0 aliphatic carbocycles. The van der Waals surface area contributed by atoms with Crippen LogP contribution in [-0.2, 0) is 6.61 Å². The molecule has 0 saturated carbocycles. The molecule has 0 spiro atoms. The van der Waals surface area contributed by atoms with Gasteiger partial charge in [-0.2, -0.15) is 0 Å². The monoisotopic (exact) mass is 326 g/mol. The van der Waals surface area contributed by atoms with Gasteiger partial charge in [0.05, 0.1) is 5.69 Å². The highest BCUT2D eigenvalue weighted by molar-refractivity contribution is 7.17. The molecule has 23 heavy (non-hydrogen) atoms. The van der Waals surface area contributed by atoms with Crippen LogP contribution in [0.15, 0.2) is 48.7 Å². The Hall–Kier alpha value is -2.73. The molecule has 3 aromatic rings. The number of benzene rings is 1. The quantitative estimate of drug-likeness (QED) is 0.772. The maximum Gasteiger partial charge on any atom is 0.347 e. The fourth-order valence-electron chi connectivity index (χ4n) is 2.00. The van der Waals surface area contributed by atoms with E-state index in [-0.39, 0.29) is 11.5 Å². The Morgan fingerprint density at radius 2 is 2.00 bits per heavy atom. The van der Waals surface area contributed by atoms with Crippen molar-refractivity contribution in [2.24, 2.45) is 0 Å². The van der Waals surface area contributed by atoms with Crippen molar-refractivity contribution in [3.05, 3.63) is 64.8 Å². The lowest BCUT2D eigenvalue weighted by atomic mass is 10.2. The fraction of sp³-hybridized carbons (Fsp3) is 0.118. The van der Waals surface area contributed by atoms with Crippen LogP contribution in [0.2, 0.25) is 0 Å². The van der Waals surface area contributed by atoms with E-state index in [0.29, 0.717) is 22.1 Å². The summed E-state index contributed by atoms with van der Waals surface area (Å²) >= 11 is 1.11. The topological polar surface area (TPSA) is 72.3 Å². The van der Waals surface area contributed by atoms with Crippen molar-refractivity contribution in [1.82, 2.24) is 9.97 Å². The first-order valence-corrected chi connectivity index (χ1v) is 7.79. The van der Waals surface area contributed by atoms with Crippen LogP contribution < -0.4 is 4.74 Å². The standard InChI is InChI=1S/C17H14N2O3S/c1-11-5-7-12(8-6-11)22-10-14-15(17(20)21)23-16(19-14)13-4-2-3-9-18-13/h2-9H,10H2,1H3,(H,20,21). The molecule has 0 atom stereocenters. The van der Waals surface area contributed by atoms with Gasteiger partial charge in [0.15, 0.2) is 0 Å². The van der Waals surface area contributed by atoms with E-state index >= 15 is 0 Å². The number of aromatic carboxylic acids is 1. The highest BCUT2D eigenvalue weighted by atomic mass is 32.1. The first-order chi connectivity index (χ1) is 11.1. The Morgan fingerprint density at radius 1 is 1.22 bits per heavy atom. The Bertz CT molecular complexity index is 814. The van der Waals surface area contributed by atoms with Gasteiger partial charge in [0.25, 0.3) is 0 Å². The molecule has 2 heterocycles. The predicted octanol–water partition coefficient (Wildman–Crippen LogP) is 3.79. The molecule has 1 aromatic carbocycles. The molecule has 116 valence electrons. The van der Waals surface area contributed by atoms with E-state index in [1.54, 1.807) is 18.3 Å². The van der Waals surface area contributed by atoms with Crippen LogP contribution in [0, 0.1) is 6.92 Å². The second-order valence-electron chi connectivity index (χ2n) is 4.92. The van der Waals surface area contributed by atoms with Crippen LogP contribution in [0.4, 0.5) is 0 Å². The molecule has 1 N–H and O–H groups in total. The van der Waals surface area contributed by atoms with Crippen LogP contribution in [0.1, 0.15) is 20.9 Å². The smallest absolute Gasteiger partial charge is 0.347 e. The molecule has 0 fully saturated rings. The van der Waals surface area contributed by atoms with Crippen molar-refractivity contribution < 1.29 is 14.6 Å². The molecular formula is C17H14N2O3S. The summed E-state index contributed by atoms with van der Waals surface area (Å²) in [6, 6.07) is 13.0. The number of aryl methyl sites for hydroxylation is 1. The van der Waals surface area contributed by atoms with Crippen molar-refractivity contribution >= 4 is 17.3 Å². The molecule has 6 heteroatoms. The Labute approximate surface area is 137 Å². The first kappa shape index (κ1) is 15.2. The Kier molecular flexibility index (Phi) is 4.34. The van der Waals surface area contributed by atoms with Crippen molar-refractivity contribution in [3.8, 4) is 16.5 Å². The van der Waals surface area contributed by atoms with Gasteiger partial charge >= 0.3 is 5.97 Å². The van der Waals surface area contributed by atoms with Crippen molar-refractivity contribution in [1.29, 1.82) is 0 Å². The van der Waals surface area contributed by atoms with Gasteiger partial charge in [-0.25, -0.2) is 9.78 Å². The van der Waals surface area contributed by atoms with Gasteiger partial charge in [-0.3, -0.25) is 4.98 Å². The minimum atomic E-state index is -1.01. The molecule has 0 amide bonds. The number of rotatable bonds is 5. The summed E-state index contributed by atoms with van der Waals surface area (Å²) in [6.07, 6.45) is 1.65. The highest BCUT2D eigenvalue weighted by Gasteiger charge is 2.19. The van der Waals surface area contributed by atoms with Crippen molar-refractivity contribution in [2.75, 3.05) is 0 Å². The minimum absolute atomic E-state index is 0.105. The third-order valence-corrected chi connectivity index (χ3v) is 4.28. The maximum atomic E-state index is 11.4. The molecule has 0 unspecified atom stereocenters. The zero-order chi connectivity index (χ0) is 16.2. The summed E-state index contributed by atoms with van der Waals surface area (Å²) < 4.78 is 5.65. The highest BCUT2D eigenvalue weighted by Crippen LogP contribution is 2.27. The van der Waals surface area contributed by atoms with Gasteiger partial charge in [0.1, 0.15) is 27.9 Å². The van der Waals surface area contributed by atoms with Gasteiger partial charge in [0, 0.05) is 6.20 Å². The van der Waals surface area contributed by atoms with Crippen molar-refractivity contribution in [3.63, 3.8) is 0 Å². The molecule has 0 radical (unpaired) electrons. The lowest BCUT2D eigenvalue weighted by Gasteiger charge is -2.05. The van der Waals surface area contributed by atoms with Crippen LogP contribution in [0.5, 0.6) is 5.75 Å². The second kappa shape index (κ2) is 6.58. The van der Waals surface area contributed by atoms with E-state index in [1.807, 2.05) is 37.3 Å². The van der Waals surface area contributed by atoms with E-state index in [4.69, 9.17) is 4.74 Å². The third kappa shape index (κ3) is 3.54. The molecule has 0 saturated heterocycles. The second-order valence-corrected chi connectivity index (χ2v) is 5.92. The van der Waals surface area contributed by atoms with Gasteiger partial charge in [0.2, 0.25) is 0 Å². The average Bonchev–Trinajstić information content (AvgIpc) is 3.00. The van der Waals surface area contributed by atoms with Gasteiger partial charge in [-0.1, -0.05) is 23.8 Å². The van der Waals surface area contributed by atoms with E-state index in [2.05, 4.69) is 9.97 Å². The van der Waals surface area contributed by atoms with E-state index in [9.17, 15) is 9.90 Å². The number of carboxylic acids is 1. The number of nitrogens with zero attached hydrogens (tertiary/aromatic N) is 2. The average molecular weight is 326 g/mol. The lowest BCUT2D eigenvalue weighted by Crippen LogP contribution is -2.03. The molecular weight excluding hydrogens is 312 g/mol. The largest absolute Gasteiger partial charge is 0.487 e. The van der Waals surface area contributed by atoms with E-state index < -0.39 is 5.97 Å². The Morgan fingerprint density at radius 3 is 2.65 bits per heavy atom. The summed E-state index contributed by atoms with van der Waals surface area (Å²) in [7, 11) is 0. The number of hydrogen-bond acceptors (Lipinski definition) is 5. The summed E-state index contributed by atoms with van der Waals surface area (Å²) in [4.78, 5) is 20.2.